The lowest BCUT2D eigenvalue weighted by molar-refractivity contribution is 0.0989. The molecule has 0 saturated carbocycles. The first-order valence-corrected chi connectivity index (χ1v) is 12.9. The number of nitrogens with zero attached hydrogens (tertiary/aromatic N) is 3. The van der Waals surface area contributed by atoms with Crippen LogP contribution in [0.2, 0.25) is 0 Å². The molecule has 0 aliphatic carbocycles. The Hall–Kier alpha value is -2.81. The van der Waals surface area contributed by atoms with Crippen LogP contribution in [0.3, 0.4) is 0 Å². The molecule has 0 unspecified atom stereocenters. The van der Waals surface area contributed by atoms with Crippen molar-refractivity contribution in [1.29, 1.82) is 0 Å². The van der Waals surface area contributed by atoms with Crippen molar-refractivity contribution in [1.82, 2.24) is 9.29 Å². The van der Waals surface area contributed by atoms with E-state index in [0.29, 0.717) is 23.8 Å². The molecule has 1 saturated heterocycles. The van der Waals surface area contributed by atoms with Crippen LogP contribution in [0.1, 0.15) is 29.6 Å². The number of anilines is 1. The first kappa shape index (κ1) is 22.4. The van der Waals surface area contributed by atoms with Crippen LogP contribution in [0.15, 0.2) is 77.5 Å². The van der Waals surface area contributed by atoms with E-state index in [1.807, 2.05) is 35.7 Å². The molecule has 4 rings (SSSR count). The lowest BCUT2D eigenvalue weighted by atomic mass is 10.2. The van der Waals surface area contributed by atoms with Gasteiger partial charge in [0.25, 0.3) is 5.91 Å². The zero-order chi connectivity index (χ0) is 22.6. The van der Waals surface area contributed by atoms with Gasteiger partial charge in [0, 0.05) is 36.1 Å². The first-order valence-electron chi connectivity index (χ1n) is 10.5. The number of hydrogen-bond donors (Lipinski definition) is 0. The monoisotopic (exact) mass is 467 g/mol. The Balaban J connectivity index is 1.62. The van der Waals surface area contributed by atoms with Crippen molar-refractivity contribution < 1.29 is 13.2 Å². The molecule has 32 heavy (non-hydrogen) atoms. The van der Waals surface area contributed by atoms with E-state index < -0.39 is 10.0 Å². The fourth-order valence-electron chi connectivity index (χ4n) is 3.71. The van der Waals surface area contributed by atoms with Crippen LogP contribution in [0, 0.1) is 0 Å². The summed E-state index contributed by atoms with van der Waals surface area (Å²) in [6.07, 6.45) is 4.40. The molecule has 6 nitrogen and oxygen atoms in total. The molecule has 1 fully saturated rings. The maximum atomic E-state index is 13.4. The van der Waals surface area contributed by atoms with E-state index in [1.165, 1.54) is 26.6 Å². The lowest BCUT2D eigenvalue weighted by Gasteiger charge is -2.26. The number of carbonyl (C=O) groups is 1. The summed E-state index contributed by atoms with van der Waals surface area (Å²) in [5, 5.41) is 2.45. The van der Waals surface area contributed by atoms with Crippen molar-refractivity contribution in [3.05, 3.63) is 78.2 Å². The molecule has 0 radical (unpaired) electrons. The molecule has 8 heteroatoms. The van der Waals surface area contributed by atoms with Crippen molar-refractivity contribution in [3.63, 3.8) is 0 Å². The Labute approximate surface area is 192 Å². The van der Waals surface area contributed by atoms with Gasteiger partial charge in [0.1, 0.15) is 0 Å². The normalized spacial score (nSPS) is 14.8. The SMILES string of the molecule is C=CCN(C(=O)c1cccc(S(=O)(=O)N2CCCCC2)c1)c1nc(-c2ccccc2)cs1. The molecule has 0 N–H and O–H groups in total. The highest BCUT2D eigenvalue weighted by Gasteiger charge is 2.27. The highest BCUT2D eigenvalue weighted by molar-refractivity contribution is 7.89. The number of carbonyl (C=O) groups excluding carboxylic acids is 1. The molecule has 1 aliphatic rings. The minimum atomic E-state index is -3.62. The quantitative estimate of drug-likeness (QED) is 0.467. The zero-order valence-corrected chi connectivity index (χ0v) is 19.3. The molecule has 3 aromatic rings. The Kier molecular flexibility index (Phi) is 6.83. The molecule has 1 aliphatic heterocycles. The predicted octanol–water partition coefficient (Wildman–Crippen LogP) is 4.82. The maximum absolute atomic E-state index is 13.4. The maximum Gasteiger partial charge on any atom is 0.260 e. The Morgan fingerprint density at radius 3 is 2.56 bits per heavy atom. The third-order valence-corrected chi connectivity index (χ3v) is 8.14. The number of piperidine rings is 1. The largest absolute Gasteiger partial charge is 0.280 e. The van der Waals surface area contributed by atoms with Crippen molar-refractivity contribution >= 4 is 32.4 Å². The molecule has 0 bridgehead atoms. The second kappa shape index (κ2) is 9.77. The van der Waals surface area contributed by atoms with Crippen molar-refractivity contribution in [2.24, 2.45) is 0 Å². The zero-order valence-electron chi connectivity index (χ0n) is 17.7. The van der Waals surface area contributed by atoms with Gasteiger partial charge in [0.15, 0.2) is 5.13 Å². The van der Waals surface area contributed by atoms with Gasteiger partial charge < -0.3 is 0 Å². The third-order valence-electron chi connectivity index (χ3n) is 5.38. The summed E-state index contributed by atoms with van der Waals surface area (Å²) in [6.45, 7) is 5.07. The number of thiazole rings is 1. The molecule has 0 atom stereocenters. The van der Waals surface area contributed by atoms with Gasteiger partial charge in [-0.15, -0.1) is 17.9 Å². The number of amides is 1. The molecular formula is C24H25N3O3S2. The van der Waals surface area contributed by atoms with E-state index in [-0.39, 0.29) is 17.3 Å². The summed E-state index contributed by atoms with van der Waals surface area (Å²) in [6, 6.07) is 16.0. The fraction of sp³-hybridized carbons (Fsp3) is 0.250. The van der Waals surface area contributed by atoms with Gasteiger partial charge in [0.2, 0.25) is 10.0 Å². The molecule has 166 valence electrons. The van der Waals surface area contributed by atoms with Gasteiger partial charge in [-0.2, -0.15) is 4.31 Å². The molecule has 2 aromatic carbocycles. The summed E-state index contributed by atoms with van der Waals surface area (Å²) < 4.78 is 27.6. The summed E-state index contributed by atoms with van der Waals surface area (Å²) in [5.74, 6) is -0.311. The van der Waals surface area contributed by atoms with Crippen LogP contribution in [0.4, 0.5) is 5.13 Å². The topological polar surface area (TPSA) is 70.6 Å². The van der Waals surface area contributed by atoms with Crippen LogP contribution in [0.5, 0.6) is 0 Å². The fourth-order valence-corrected chi connectivity index (χ4v) is 6.11. The second-order valence-corrected chi connectivity index (χ2v) is 10.4. The van der Waals surface area contributed by atoms with Crippen molar-refractivity contribution in [2.45, 2.75) is 24.2 Å². The van der Waals surface area contributed by atoms with E-state index >= 15 is 0 Å². The van der Waals surface area contributed by atoms with Crippen LogP contribution in [0.25, 0.3) is 11.3 Å². The van der Waals surface area contributed by atoms with E-state index in [9.17, 15) is 13.2 Å². The van der Waals surface area contributed by atoms with E-state index in [2.05, 4.69) is 11.6 Å². The lowest BCUT2D eigenvalue weighted by Crippen LogP contribution is -2.36. The Morgan fingerprint density at radius 1 is 1.09 bits per heavy atom. The average Bonchev–Trinajstić information content (AvgIpc) is 3.33. The standard InChI is InChI=1S/C24H25N3O3S2/c1-2-14-27(24-25-22(18-31-24)19-10-5-3-6-11-19)23(28)20-12-9-13-21(17-20)32(29,30)26-15-7-4-8-16-26/h2-3,5-6,9-13,17-18H,1,4,7-8,14-16H2. The van der Waals surface area contributed by atoms with Gasteiger partial charge in [-0.3, -0.25) is 9.69 Å². The van der Waals surface area contributed by atoms with Gasteiger partial charge in [-0.05, 0) is 31.0 Å². The van der Waals surface area contributed by atoms with Gasteiger partial charge in [-0.1, -0.05) is 48.9 Å². The van der Waals surface area contributed by atoms with Gasteiger partial charge in [0.05, 0.1) is 10.6 Å². The molecular weight excluding hydrogens is 442 g/mol. The van der Waals surface area contributed by atoms with E-state index in [1.54, 1.807) is 24.3 Å². The summed E-state index contributed by atoms with van der Waals surface area (Å²) >= 11 is 1.37. The number of rotatable bonds is 7. The van der Waals surface area contributed by atoms with E-state index in [0.717, 1.165) is 30.5 Å². The van der Waals surface area contributed by atoms with Gasteiger partial charge in [-0.25, -0.2) is 13.4 Å². The summed E-state index contributed by atoms with van der Waals surface area (Å²) in [7, 11) is -3.62. The number of aromatic nitrogens is 1. The van der Waals surface area contributed by atoms with Crippen LogP contribution in [-0.2, 0) is 10.0 Å². The van der Waals surface area contributed by atoms with Crippen LogP contribution >= 0.6 is 11.3 Å². The molecule has 0 spiro atoms. The number of benzene rings is 2. The molecule has 1 amide bonds. The average molecular weight is 468 g/mol. The minimum absolute atomic E-state index is 0.146. The second-order valence-electron chi connectivity index (χ2n) is 7.58. The molecule has 2 heterocycles. The Morgan fingerprint density at radius 2 is 1.84 bits per heavy atom. The Bertz CT molecular complexity index is 1200. The molecule has 1 aromatic heterocycles. The number of sulfonamides is 1. The first-order chi connectivity index (χ1) is 15.5. The summed E-state index contributed by atoms with van der Waals surface area (Å²) in [4.78, 5) is 19.7. The van der Waals surface area contributed by atoms with Crippen molar-refractivity contribution in [2.75, 3.05) is 24.5 Å². The van der Waals surface area contributed by atoms with Crippen LogP contribution < -0.4 is 4.90 Å². The van der Waals surface area contributed by atoms with Crippen LogP contribution in [-0.4, -0.2) is 43.2 Å². The third kappa shape index (κ3) is 4.67. The highest BCUT2D eigenvalue weighted by Crippen LogP contribution is 2.29. The van der Waals surface area contributed by atoms with Gasteiger partial charge >= 0.3 is 0 Å². The summed E-state index contributed by atoms with van der Waals surface area (Å²) in [5.41, 5.74) is 2.06. The number of hydrogen-bond acceptors (Lipinski definition) is 5. The minimum Gasteiger partial charge on any atom is -0.280 e. The highest BCUT2D eigenvalue weighted by atomic mass is 32.2. The van der Waals surface area contributed by atoms with E-state index in [4.69, 9.17) is 0 Å². The predicted molar refractivity (Wildman–Crippen MR) is 128 cm³/mol. The smallest absolute Gasteiger partial charge is 0.260 e. The van der Waals surface area contributed by atoms with Crippen molar-refractivity contribution in [3.8, 4) is 11.3 Å².